The summed E-state index contributed by atoms with van der Waals surface area (Å²) < 4.78 is 39.6. The van der Waals surface area contributed by atoms with Crippen LogP contribution in [0.2, 0.25) is 5.02 Å². The molecule has 0 aliphatic rings. The van der Waals surface area contributed by atoms with Gasteiger partial charge in [0.15, 0.2) is 0 Å². The number of para-hydroxylation sites is 1. The molecular weight excluding hydrogens is 305 g/mol. The largest absolute Gasteiger partial charge is 0.371 e. The van der Waals surface area contributed by atoms with Crippen LogP contribution < -0.4 is 10.6 Å². The molecule has 0 fully saturated rings. The maximum absolute atomic E-state index is 13.3. The Morgan fingerprint density at radius 2 is 1.71 bits per heavy atom. The van der Waals surface area contributed by atoms with Crippen LogP contribution in [0.5, 0.6) is 0 Å². The van der Waals surface area contributed by atoms with E-state index in [9.17, 15) is 18.0 Å². The first-order valence-electron chi connectivity index (χ1n) is 5.90. The van der Waals surface area contributed by atoms with Crippen molar-refractivity contribution in [1.29, 1.82) is 0 Å². The zero-order valence-corrected chi connectivity index (χ0v) is 11.3. The van der Waals surface area contributed by atoms with Crippen molar-refractivity contribution in [3.63, 3.8) is 0 Å². The van der Waals surface area contributed by atoms with Gasteiger partial charge in [0.2, 0.25) is 5.91 Å². The Labute approximate surface area is 123 Å². The van der Waals surface area contributed by atoms with E-state index in [1.165, 1.54) is 18.2 Å². The molecule has 3 nitrogen and oxygen atoms in total. The molecule has 2 aromatic carbocycles. The van der Waals surface area contributed by atoms with Crippen molar-refractivity contribution in [2.75, 3.05) is 17.2 Å². The smallest absolute Gasteiger partial charge is 0.243 e. The van der Waals surface area contributed by atoms with Gasteiger partial charge in [0, 0.05) is 5.69 Å². The zero-order chi connectivity index (χ0) is 15.4. The van der Waals surface area contributed by atoms with Crippen LogP contribution in [0.25, 0.3) is 0 Å². The summed E-state index contributed by atoms with van der Waals surface area (Å²) in [4.78, 5) is 11.6. The first kappa shape index (κ1) is 15.2. The van der Waals surface area contributed by atoms with Crippen molar-refractivity contribution in [1.82, 2.24) is 0 Å². The monoisotopic (exact) mass is 314 g/mol. The van der Waals surface area contributed by atoms with Crippen LogP contribution in [0.3, 0.4) is 0 Å². The number of halogens is 4. The van der Waals surface area contributed by atoms with Crippen molar-refractivity contribution in [3.05, 3.63) is 58.9 Å². The zero-order valence-electron chi connectivity index (χ0n) is 10.6. The molecule has 2 rings (SSSR count). The number of rotatable bonds is 4. The second-order valence-corrected chi connectivity index (χ2v) is 4.53. The average molecular weight is 315 g/mol. The molecule has 0 unspecified atom stereocenters. The highest BCUT2D eigenvalue weighted by molar-refractivity contribution is 6.31. The molecule has 1 amide bonds. The lowest BCUT2D eigenvalue weighted by Crippen LogP contribution is -2.22. The fraction of sp³-hybridized carbons (Fsp3) is 0.0714. The van der Waals surface area contributed by atoms with Crippen molar-refractivity contribution in [2.45, 2.75) is 0 Å². The van der Waals surface area contributed by atoms with Gasteiger partial charge in [-0.15, -0.1) is 0 Å². The van der Waals surface area contributed by atoms with Gasteiger partial charge >= 0.3 is 0 Å². The van der Waals surface area contributed by atoms with Crippen molar-refractivity contribution < 1.29 is 18.0 Å². The summed E-state index contributed by atoms with van der Waals surface area (Å²) in [6.45, 7) is -0.354. The van der Waals surface area contributed by atoms with Crippen molar-refractivity contribution in [2.24, 2.45) is 0 Å². The Bertz CT molecular complexity index is 659. The van der Waals surface area contributed by atoms with Crippen LogP contribution in [-0.2, 0) is 4.79 Å². The molecule has 0 aliphatic carbocycles. The molecule has 0 aromatic heterocycles. The topological polar surface area (TPSA) is 41.1 Å². The number of hydrogen-bond acceptors (Lipinski definition) is 2. The molecule has 0 atom stereocenters. The van der Waals surface area contributed by atoms with Gasteiger partial charge in [0.05, 0.1) is 11.6 Å². The molecule has 0 aliphatic heterocycles. The molecule has 0 saturated heterocycles. The van der Waals surface area contributed by atoms with Crippen molar-refractivity contribution in [3.8, 4) is 0 Å². The van der Waals surface area contributed by atoms with E-state index in [2.05, 4.69) is 10.6 Å². The Morgan fingerprint density at radius 1 is 1.05 bits per heavy atom. The summed E-state index contributed by atoms with van der Waals surface area (Å²) in [5.74, 6) is -2.76. The second-order valence-electron chi connectivity index (χ2n) is 4.13. The third kappa shape index (κ3) is 3.88. The maximum atomic E-state index is 13.3. The van der Waals surface area contributed by atoms with Crippen LogP contribution in [0.15, 0.2) is 36.4 Å². The van der Waals surface area contributed by atoms with Crippen LogP contribution in [0.4, 0.5) is 24.5 Å². The predicted octanol–water partition coefficient (Wildman–Crippen LogP) is 3.81. The highest BCUT2D eigenvalue weighted by Gasteiger charge is 2.10. The number of benzene rings is 2. The van der Waals surface area contributed by atoms with Crippen LogP contribution >= 0.6 is 11.6 Å². The lowest BCUT2D eigenvalue weighted by molar-refractivity contribution is -0.114. The number of nitrogens with one attached hydrogen (secondary N) is 2. The highest BCUT2D eigenvalue weighted by atomic mass is 35.5. The van der Waals surface area contributed by atoms with E-state index in [4.69, 9.17) is 11.6 Å². The molecule has 0 heterocycles. The van der Waals surface area contributed by atoms with E-state index in [1.54, 1.807) is 0 Å². The third-order valence-electron chi connectivity index (χ3n) is 2.59. The van der Waals surface area contributed by atoms with E-state index in [-0.39, 0.29) is 22.9 Å². The first-order chi connectivity index (χ1) is 9.97. The van der Waals surface area contributed by atoms with Gasteiger partial charge in [-0.25, -0.2) is 13.2 Å². The van der Waals surface area contributed by atoms with Crippen LogP contribution in [-0.4, -0.2) is 12.5 Å². The van der Waals surface area contributed by atoms with Gasteiger partial charge in [-0.1, -0.05) is 17.7 Å². The molecular formula is C14H10ClF3N2O. The van der Waals surface area contributed by atoms with Crippen LogP contribution in [0.1, 0.15) is 0 Å². The second kappa shape index (κ2) is 6.49. The molecule has 0 radical (unpaired) electrons. The lowest BCUT2D eigenvalue weighted by atomic mass is 10.3. The van der Waals surface area contributed by atoms with E-state index < -0.39 is 23.4 Å². The Morgan fingerprint density at radius 3 is 2.33 bits per heavy atom. The average Bonchev–Trinajstić information content (AvgIpc) is 2.42. The third-order valence-corrected chi connectivity index (χ3v) is 2.88. The Balaban J connectivity index is 1.97. The highest BCUT2D eigenvalue weighted by Crippen LogP contribution is 2.20. The fourth-order valence-electron chi connectivity index (χ4n) is 1.61. The summed E-state index contributed by atoms with van der Waals surface area (Å²) in [5, 5.41) is 4.64. The van der Waals surface area contributed by atoms with Gasteiger partial charge < -0.3 is 10.6 Å². The number of amides is 1. The van der Waals surface area contributed by atoms with E-state index in [0.717, 1.165) is 18.2 Å². The lowest BCUT2D eigenvalue weighted by Gasteiger charge is -2.09. The summed E-state index contributed by atoms with van der Waals surface area (Å²) in [5.41, 5.74) is -0.105. The fourth-order valence-corrected chi connectivity index (χ4v) is 1.79. The minimum atomic E-state index is -0.798. The van der Waals surface area contributed by atoms with Gasteiger partial charge in [-0.3, -0.25) is 4.79 Å². The standard InChI is InChI=1S/C14H10ClF3N2O/c15-9-6-8(4-5-10(9)16)20-13(21)7-19-14-11(17)2-1-3-12(14)18/h1-6,19H,7H2,(H,20,21). The number of carbonyl (C=O) groups is 1. The quantitative estimate of drug-likeness (QED) is 0.901. The molecule has 0 spiro atoms. The minimum Gasteiger partial charge on any atom is -0.371 e. The van der Waals surface area contributed by atoms with E-state index in [1.807, 2.05) is 0 Å². The molecule has 2 aromatic rings. The first-order valence-corrected chi connectivity index (χ1v) is 6.28. The van der Waals surface area contributed by atoms with Gasteiger partial charge in [-0.05, 0) is 30.3 Å². The summed E-state index contributed by atoms with van der Waals surface area (Å²) >= 11 is 5.57. The maximum Gasteiger partial charge on any atom is 0.243 e. The number of anilines is 2. The SMILES string of the molecule is O=C(CNc1c(F)cccc1F)Nc1ccc(F)c(Cl)c1. The van der Waals surface area contributed by atoms with Crippen LogP contribution in [0, 0.1) is 17.5 Å². The molecule has 21 heavy (non-hydrogen) atoms. The summed E-state index contributed by atoms with van der Waals surface area (Å²) in [6.07, 6.45) is 0. The van der Waals surface area contributed by atoms with Crippen molar-refractivity contribution >= 4 is 28.9 Å². The number of hydrogen-bond donors (Lipinski definition) is 2. The van der Waals surface area contributed by atoms with Gasteiger partial charge in [0.1, 0.15) is 23.1 Å². The van der Waals surface area contributed by atoms with E-state index >= 15 is 0 Å². The molecule has 0 bridgehead atoms. The summed E-state index contributed by atoms with van der Waals surface area (Å²) in [6, 6.07) is 7.02. The predicted molar refractivity (Wildman–Crippen MR) is 74.9 cm³/mol. The normalized spacial score (nSPS) is 10.3. The van der Waals surface area contributed by atoms with E-state index in [0.29, 0.717) is 0 Å². The van der Waals surface area contributed by atoms with Gasteiger partial charge in [0.25, 0.3) is 0 Å². The summed E-state index contributed by atoms with van der Waals surface area (Å²) in [7, 11) is 0. The Hall–Kier alpha value is -2.21. The minimum absolute atomic E-state index is 0.138. The Kier molecular flexibility index (Phi) is 4.70. The molecule has 7 heteroatoms. The molecule has 0 saturated carbocycles. The molecule has 110 valence electrons. The molecule has 2 N–H and O–H groups in total. The van der Waals surface area contributed by atoms with Gasteiger partial charge in [-0.2, -0.15) is 0 Å². The number of carbonyl (C=O) groups excluding carboxylic acids is 1.